The fraction of sp³-hybridized carbons (Fsp3) is 0.222. The van der Waals surface area contributed by atoms with Gasteiger partial charge in [0.25, 0.3) is 0 Å². The van der Waals surface area contributed by atoms with Gasteiger partial charge in [0.1, 0.15) is 0 Å². The molecule has 0 unspecified atom stereocenters. The maximum Gasteiger partial charge on any atom is 0.307 e. The first-order valence-corrected chi connectivity index (χ1v) is 3.83. The molecule has 0 aromatic heterocycles. The zero-order valence-electron chi connectivity index (χ0n) is 7.03. The highest BCUT2D eigenvalue weighted by Gasteiger charge is 2.03. The fourth-order valence-electron chi connectivity index (χ4n) is 1.07. The average Bonchev–Trinajstić information content (AvgIpc) is 2.03. The second-order valence-corrected chi connectivity index (χ2v) is 2.76. The lowest BCUT2D eigenvalue weighted by Crippen LogP contribution is -2.02. The van der Waals surface area contributed by atoms with Gasteiger partial charge < -0.3 is 15.9 Å². The van der Waals surface area contributed by atoms with Gasteiger partial charge in [0.2, 0.25) is 0 Å². The third-order valence-electron chi connectivity index (χ3n) is 1.74. The van der Waals surface area contributed by atoms with Gasteiger partial charge in [-0.25, -0.2) is 0 Å². The number of hydrogen-bond donors (Lipinski definition) is 3. The Balaban J connectivity index is 2.89. The zero-order chi connectivity index (χ0) is 9.84. The van der Waals surface area contributed by atoms with Crippen LogP contribution in [0.1, 0.15) is 11.1 Å². The van der Waals surface area contributed by atoms with Crippen LogP contribution in [0.5, 0.6) is 0 Å². The van der Waals surface area contributed by atoms with Crippen molar-refractivity contribution in [3.05, 3.63) is 29.3 Å². The van der Waals surface area contributed by atoms with E-state index in [-0.39, 0.29) is 13.0 Å². The largest absolute Gasteiger partial charge is 0.481 e. The van der Waals surface area contributed by atoms with Crippen LogP contribution in [-0.4, -0.2) is 16.2 Å². The summed E-state index contributed by atoms with van der Waals surface area (Å²) in [6, 6.07) is 4.85. The molecule has 13 heavy (non-hydrogen) atoms. The quantitative estimate of drug-likeness (QED) is 0.589. The Hall–Kier alpha value is -1.55. The molecule has 1 aromatic rings. The minimum atomic E-state index is -0.892. The topological polar surface area (TPSA) is 83.6 Å². The number of carbonyl (C=O) groups is 1. The molecule has 0 bridgehead atoms. The van der Waals surface area contributed by atoms with Crippen LogP contribution in [0.15, 0.2) is 18.2 Å². The van der Waals surface area contributed by atoms with Gasteiger partial charge in [0.05, 0.1) is 13.0 Å². The van der Waals surface area contributed by atoms with Gasteiger partial charge in [-0.15, -0.1) is 0 Å². The SMILES string of the molecule is Nc1cc(CC(=O)O)ccc1CO. The van der Waals surface area contributed by atoms with E-state index in [0.717, 1.165) is 0 Å². The number of nitrogens with two attached hydrogens (primary N) is 1. The molecule has 4 heteroatoms. The molecular weight excluding hydrogens is 170 g/mol. The van der Waals surface area contributed by atoms with Crippen molar-refractivity contribution in [2.75, 3.05) is 5.73 Å². The predicted molar refractivity (Wildman–Crippen MR) is 48.1 cm³/mol. The maximum absolute atomic E-state index is 10.3. The number of rotatable bonds is 3. The first-order chi connectivity index (χ1) is 6.13. The molecule has 0 radical (unpaired) electrons. The Labute approximate surface area is 75.6 Å². The van der Waals surface area contributed by atoms with Gasteiger partial charge in [-0.05, 0) is 11.6 Å². The fourth-order valence-corrected chi connectivity index (χ4v) is 1.07. The van der Waals surface area contributed by atoms with E-state index < -0.39 is 5.97 Å². The Morgan fingerprint density at radius 2 is 2.15 bits per heavy atom. The molecule has 0 aliphatic heterocycles. The smallest absolute Gasteiger partial charge is 0.307 e. The molecule has 0 amide bonds. The summed E-state index contributed by atoms with van der Waals surface area (Å²) in [4.78, 5) is 10.3. The van der Waals surface area contributed by atoms with Crippen molar-refractivity contribution in [2.24, 2.45) is 0 Å². The van der Waals surface area contributed by atoms with Crippen molar-refractivity contribution in [3.8, 4) is 0 Å². The number of nitrogen functional groups attached to an aromatic ring is 1. The number of carboxylic acids is 1. The highest BCUT2D eigenvalue weighted by atomic mass is 16.4. The normalized spacial score (nSPS) is 9.92. The Bertz CT molecular complexity index is 323. The lowest BCUT2D eigenvalue weighted by atomic mass is 10.1. The number of aliphatic hydroxyl groups is 1. The number of benzene rings is 1. The van der Waals surface area contributed by atoms with E-state index in [1.165, 1.54) is 0 Å². The van der Waals surface area contributed by atoms with Crippen LogP contribution in [-0.2, 0) is 17.8 Å². The predicted octanol–water partition coefficient (Wildman–Crippen LogP) is 0.388. The summed E-state index contributed by atoms with van der Waals surface area (Å²) in [5.41, 5.74) is 7.25. The summed E-state index contributed by atoms with van der Waals surface area (Å²) in [6.45, 7) is -0.126. The van der Waals surface area contributed by atoms with Gasteiger partial charge >= 0.3 is 5.97 Å². The molecule has 1 aromatic carbocycles. The summed E-state index contributed by atoms with van der Waals surface area (Å²) in [6.07, 6.45) is -0.0457. The second-order valence-electron chi connectivity index (χ2n) is 2.76. The van der Waals surface area contributed by atoms with Gasteiger partial charge in [-0.3, -0.25) is 4.79 Å². The summed E-state index contributed by atoms with van der Waals surface area (Å²) in [5.74, 6) is -0.892. The summed E-state index contributed by atoms with van der Waals surface area (Å²) in [5, 5.41) is 17.3. The van der Waals surface area contributed by atoms with Gasteiger partial charge in [-0.1, -0.05) is 12.1 Å². The van der Waals surface area contributed by atoms with E-state index in [2.05, 4.69) is 0 Å². The number of carboxylic acid groups (broad SMARTS) is 1. The number of aliphatic hydroxyl groups excluding tert-OH is 1. The van der Waals surface area contributed by atoms with Gasteiger partial charge in [0, 0.05) is 11.3 Å². The maximum atomic E-state index is 10.3. The van der Waals surface area contributed by atoms with Crippen molar-refractivity contribution in [1.29, 1.82) is 0 Å². The molecule has 0 saturated carbocycles. The van der Waals surface area contributed by atoms with E-state index >= 15 is 0 Å². The van der Waals surface area contributed by atoms with Crippen molar-refractivity contribution in [2.45, 2.75) is 13.0 Å². The first kappa shape index (κ1) is 9.54. The Morgan fingerprint density at radius 1 is 1.46 bits per heavy atom. The third kappa shape index (κ3) is 2.45. The number of anilines is 1. The van der Waals surface area contributed by atoms with Crippen LogP contribution in [0.3, 0.4) is 0 Å². The van der Waals surface area contributed by atoms with Crippen LogP contribution in [0.25, 0.3) is 0 Å². The van der Waals surface area contributed by atoms with Crippen LogP contribution < -0.4 is 5.73 Å². The summed E-state index contributed by atoms with van der Waals surface area (Å²) in [7, 11) is 0. The van der Waals surface area contributed by atoms with Crippen molar-refractivity contribution in [3.63, 3.8) is 0 Å². The Kier molecular flexibility index (Phi) is 2.87. The Morgan fingerprint density at radius 3 is 2.62 bits per heavy atom. The molecular formula is C9H11NO3. The minimum Gasteiger partial charge on any atom is -0.481 e. The molecule has 0 fully saturated rings. The third-order valence-corrected chi connectivity index (χ3v) is 1.74. The standard InChI is InChI=1S/C9H11NO3/c10-8-3-6(4-9(12)13)1-2-7(8)5-11/h1-3,11H,4-5,10H2,(H,12,13). The molecule has 70 valence electrons. The zero-order valence-corrected chi connectivity index (χ0v) is 7.03. The lowest BCUT2D eigenvalue weighted by molar-refractivity contribution is -0.136. The molecule has 0 heterocycles. The van der Waals surface area contributed by atoms with E-state index in [4.69, 9.17) is 15.9 Å². The molecule has 1 rings (SSSR count). The average molecular weight is 181 g/mol. The number of aliphatic carboxylic acids is 1. The first-order valence-electron chi connectivity index (χ1n) is 3.83. The summed E-state index contributed by atoms with van der Waals surface area (Å²) >= 11 is 0. The van der Waals surface area contributed by atoms with Gasteiger partial charge in [0.15, 0.2) is 0 Å². The van der Waals surface area contributed by atoms with Crippen LogP contribution in [0, 0.1) is 0 Å². The van der Waals surface area contributed by atoms with Crippen molar-refractivity contribution in [1.82, 2.24) is 0 Å². The van der Waals surface area contributed by atoms with Crippen molar-refractivity contribution < 1.29 is 15.0 Å². The van der Waals surface area contributed by atoms with E-state index in [1.54, 1.807) is 18.2 Å². The van der Waals surface area contributed by atoms with Crippen molar-refractivity contribution >= 4 is 11.7 Å². The molecule has 0 atom stereocenters. The second kappa shape index (κ2) is 3.91. The van der Waals surface area contributed by atoms with E-state index in [0.29, 0.717) is 16.8 Å². The highest BCUT2D eigenvalue weighted by Crippen LogP contribution is 2.14. The summed E-state index contributed by atoms with van der Waals surface area (Å²) < 4.78 is 0. The molecule has 0 aliphatic rings. The van der Waals surface area contributed by atoms with E-state index in [9.17, 15) is 4.79 Å². The lowest BCUT2D eigenvalue weighted by Gasteiger charge is -2.03. The molecule has 4 N–H and O–H groups in total. The molecule has 0 spiro atoms. The monoisotopic (exact) mass is 181 g/mol. The van der Waals surface area contributed by atoms with E-state index in [1.807, 2.05) is 0 Å². The minimum absolute atomic E-state index is 0.0457. The highest BCUT2D eigenvalue weighted by molar-refractivity contribution is 5.71. The molecule has 0 aliphatic carbocycles. The van der Waals surface area contributed by atoms with Crippen LogP contribution in [0.4, 0.5) is 5.69 Å². The molecule has 0 saturated heterocycles. The molecule has 4 nitrogen and oxygen atoms in total. The van der Waals surface area contributed by atoms with Crippen LogP contribution in [0.2, 0.25) is 0 Å². The van der Waals surface area contributed by atoms with Crippen LogP contribution >= 0.6 is 0 Å². The number of hydrogen-bond acceptors (Lipinski definition) is 3. The van der Waals surface area contributed by atoms with Gasteiger partial charge in [-0.2, -0.15) is 0 Å².